The van der Waals surface area contributed by atoms with Gasteiger partial charge in [-0.2, -0.15) is 0 Å². The third-order valence-electron chi connectivity index (χ3n) is 3.11. The number of hydrogen-bond donors (Lipinski definition) is 1. The molecule has 1 unspecified atom stereocenters. The molecule has 0 saturated heterocycles. The lowest BCUT2D eigenvalue weighted by molar-refractivity contribution is 0.0976. The highest BCUT2D eigenvalue weighted by Gasteiger charge is 2.07. The fourth-order valence-corrected chi connectivity index (χ4v) is 1.90. The largest absolute Gasteiger partial charge is 0.493 e. The maximum absolute atomic E-state index is 10.4. The van der Waals surface area contributed by atoms with Gasteiger partial charge in [0.05, 0.1) is 35.3 Å². The Kier molecular flexibility index (Phi) is 3.18. The predicted molar refractivity (Wildman–Crippen MR) is 99.8 cm³/mol. The second kappa shape index (κ2) is 9.94. The van der Waals surface area contributed by atoms with Crippen molar-refractivity contribution in [2.24, 2.45) is 0 Å². The molecule has 0 amide bonds. The Labute approximate surface area is 168 Å². The molecule has 4 nitrogen and oxygen atoms in total. The van der Waals surface area contributed by atoms with Crippen LogP contribution in [0.5, 0.6) is 17.2 Å². The maximum Gasteiger partial charge on any atom is 0.160 e. The Morgan fingerprint density at radius 3 is 2.88 bits per heavy atom. The van der Waals surface area contributed by atoms with E-state index >= 15 is 0 Å². The molecule has 25 heavy (non-hydrogen) atoms. The van der Waals surface area contributed by atoms with E-state index in [2.05, 4.69) is 0 Å². The Morgan fingerprint density at radius 2 is 2.08 bits per heavy atom. The molecule has 2 aromatic rings. The lowest BCUT2D eigenvalue weighted by atomic mass is 10.0. The average molecular weight is 358 g/mol. The SMILES string of the molecule is [2H]c1c([2H])c(C)c([2H])c(OCC([2H])(O)CCCC([2H])([2H])c2c([2H])c([2H])c(OC([2H])([2H])[2H])c(OC)c2[2H])c1[2H]. The van der Waals surface area contributed by atoms with E-state index in [1.807, 2.05) is 0 Å². The second-order valence-corrected chi connectivity index (χ2v) is 5.05. The van der Waals surface area contributed by atoms with Crippen LogP contribution in [0, 0.1) is 6.92 Å². The first-order valence-electron chi connectivity index (χ1n) is 14.0. The van der Waals surface area contributed by atoms with Gasteiger partial charge in [0.1, 0.15) is 12.4 Å². The molecule has 0 aliphatic rings. The first-order valence-corrected chi connectivity index (χ1v) is 7.55. The molecule has 0 aromatic heterocycles. The topological polar surface area (TPSA) is 47.9 Å². The first kappa shape index (κ1) is 8.00. The summed E-state index contributed by atoms with van der Waals surface area (Å²) < 4.78 is 118. The molecule has 0 heterocycles. The Hall–Kier alpha value is -2.20. The van der Waals surface area contributed by atoms with Gasteiger partial charge in [0, 0.05) is 2.74 Å². The van der Waals surface area contributed by atoms with Gasteiger partial charge in [-0.05, 0) is 61.4 Å². The molecule has 0 saturated carbocycles. The molecular formula is C21H28O4. The van der Waals surface area contributed by atoms with Gasteiger partial charge in [-0.25, -0.2) is 0 Å². The van der Waals surface area contributed by atoms with E-state index in [-0.39, 0.29) is 36.2 Å². The Bertz CT molecular complexity index is 1170. The molecule has 136 valence electrons. The van der Waals surface area contributed by atoms with Crippen LogP contribution in [0.3, 0.4) is 0 Å². The minimum Gasteiger partial charge on any atom is -0.493 e. The molecule has 1 N–H and O–H groups in total. The zero-order valence-electron chi connectivity index (χ0n) is 27.0. The van der Waals surface area contributed by atoms with Crippen LogP contribution < -0.4 is 14.2 Å². The highest BCUT2D eigenvalue weighted by molar-refractivity contribution is 5.42. The standard InChI is InChI=1S/C21H28O4/c1-16-7-6-10-19(13-16)25-15-18(22)9-5-4-8-17-11-12-20(23-2)21(14-17)24-3/h6-7,10-14,18,22H,4-5,8-9,15H2,1-3H3/i2D3,6D,7D,8D2,10D,11D,12D,13D,14D,18D. The molecule has 4 heteroatoms. The molecule has 0 aliphatic heterocycles. The monoisotopic (exact) mass is 357 g/mol. The van der Waals surface area contributed by atoms with Crippen LogP contribution in [0.4, 0.5) is 0 Å². The summed E-state index contributed by atoms with van der Waals surface area (Å²) in [6.45, 7) is 0.688. The number of methoxy groups -OCH3 is 2. The van der Waals surface area contributed by atoms with Crippen LogP contribution in [0.1, 0.15) is 48.2 Å². The predicted octanol–water partition coefficient (Wildman–Crippen LogP) is 4.16. The third-order valence-corrected chi connectivity index (χ3v) is 3.11. The minimum atomic E-state index is -3.01. The van der Waals surface area contributed by atoms with Crippen molar-refractivity contribution >= 4 is 0 Å². The van der Waals surface area contributed by atoms with Gasteiger partial charge in [-0.1, -0.05) is 24.5 Å². The van der Waals surface area contributed by atoms with Crippen molar-refractivity contribution in [1.29, 1.82) is 0 Å². The van der Waals surface area contributed by atoms with Gasteiger partial charge in [-0.3, -0.25) is 0 Å². The molecule has 0 bridgehead atoms. The highest BCUT2D eigenvalue weighted by Crippen LogP contribution is 2.28. The normalized spacial score (nSPS) is 21.6. The molecule has 2 rings (SSSR count). The Morgan fingerprint density at radius 1 is 1.20 bits per heavy atom. The smallest absolute Gasteiger partial charge is 0.160 e. The first-order chi connectivity index (χ1) is 17.3. The van der Waals surface area contributed by atoms with Crippen molar-refractivity contribution in [3.63, 3.8) is 0 Å². The van der Waals surface area contributed by atoms with Crippen molar-refractivity contribution in [2.75, 3.05) is 20.8 Å². The zero-order chi connectivity index (χ0) is 29.4. The van der Waals surface area contributed by atoms with E-state index in [9.17, 15) is 5.11 Å². The molecule has 2 aromatic carbocycles. The van der Waals surface area contributed by atoms with Crippen molar-refractivity contribution < 1.29 is 37.1 Å². The average Bonchev–Trinajstić information content (AvgIpc) is 2.78. The lowest BCUT2D eigenvalue weighted by Crippen LogP contribution is -2.17. The Balaban J connectivity index is 2.21. The summed E-state index contributed by atoms with van der Waals surface area (Å²) in [4.78, 5) is 0. The molecular weight excluding hydrogens is 316 g/mol. The number of aliphatic hydroxyl groups is 1. The van der Waals surface area contributed by atoms with Crippen molar-refractivity contribution in [1.82, 2.24) is 0 Å². The summed E-state index contributed by atoms with van der Waals surface area (Å²) in [5.74, 6) is -1.57. The molecule has 0 spiro atoms. The van der Waals surface area contributed by atoms with Gasteiger partial charge < -0.3 is 19.3 Å². The van der Waals surface area contributed by atoms with Crippen molar-refractivity contribution in [3.05, 3.63) is 53.4 Å². The van der Waals surface area contributed by atoms with Gasteiger partial charge >= 0.3 is 0 Å². The summed E-state index contributed by atoms with van der Waals surface area (Å²) in [7, 11) is -1.93. The van der Waals surface area contributed by atoms with Crippen molar-refractivity contribution in [3.8, 4) is 17.2 Å². The van der Waals surface area contributed by atoms with Gasteiger partial charge in [0.15, 0.2) is 11.5 Å². The summed E-state index contributed by atoms with van der Waals surface area (Å²) in [5, 5.41) is 10.4. The quantitative estimate of drug-likeness (QED) is 0.693. The summed E-state index contributed by atoms with van der Waals surface area (Å²) in [5.41, 5.74) is -0.451. The van der Waals surface area contributed by atoms with Crippen LogP contribution in [-0.4, -0.2) is 31.9 Å². The number of hydrogen-bond acceptors (Lipinski definition) is 4. The van der Waals surface area contributed by atoms with Crippen LogP contribution in [0.15, 0.2) is 42.3 Å². The second-order valence-electron chi connectivity index (χ2n) is 5.05. The van der Waals surface area contributed by atoms with Crippen LogP contribution >= 0.6 is 0 Å². The van der Waals surface area contributed by atoms with E-state index in [0.717, 1.165) is 7.11 Å². The van der Waals surface area contributed by atoms with E-state index in [0.29, 0.717) is 0 Å². The van der Waals surface area contributed by atoms with Gasteiger partial charge in [0.2, 0.25) is 0 Å². The lowest BCUT2D eigenvalue weighted by Gasteiger charge is -2.13. The number of benzene rings is 2. The highest BCUT2D eigenvalue weighted by atomic mass is 16.5. The minimum absolute atomic E-state index is 0.0968. The van der Waals surface area contributed by atoms with E-state index in [4.69, 9.17) is 32.0 Å². The van der Waals surface area contributed by atoms with Crippen molar-refractivity contribution in [2.45, 2.75) is 38.6 Å². The fraction of sp³-hybridized carbons (Fsp3) is 0.429. The third kappa shape index (κ3) is 6.31. The van der Waals surface area contributed by atoms with Crippen LogP contribution in [0.2, 0.25) is 0 Å². The molecule has 1 atom stereocenters. The van der Waals surface area contributed by atoms with Crippen LogP contribution in [-0.2, 0) is 6.37 Å². The van der Waals surface area contributed by atoms with E-state index in [1.54, 1.807) is 0 Å². The summed E-state index contributed by atoms with van der Waals surface area (Å²) >= 11 is 0. The van der Waals surface area contributed by atoms with Crippen LogP contribution in [0.25, 0.3) is 0 Å². The van der Waals surface area contributed by atoms with Gasteiger partial charge in [-0.15, -0.1) is 0 Å². The number of rotatable bonds is 10. The van der Waals surface area contributed by atoms with Gasteiger partial charge in [0.25, 0.3) is 0 Å². The maximum atomic E-state index is 10.4. The van der Waals surface area contributed by atoms with E-state index < -0.39 is 79.8 Å². The molecule has 0 fully saturated rings. The fourth-order valence-electron chi connectivity index (χ4n) is 1.90. The summed E-state index contributed by atoms with van der Waals surface area (Å²) in [6, 6.07) is -3.84. The molecule has 0 aliphatic carbocycles. The number of ether oxygens (including phenoxy) is 3. The zero-order valence-corrected chi connectivity index (χ0v) is 14.0. The molecule has 0 radical (unpaired) electrons. The summed E-state index contributed by atoms with van der Waals surface area (Å²) in [6.07, 6.45) is -5.65. The van der Waals surface area contributed by atoms with E-state index in [1.165, 1.54) is 6.92 Å².